The van der Waals surface area contributed by atoms with Crippen molar-refractivity contribution in [1.29, 1.82) is 0 Å². The van der Waals surface area contributed by atoms with E-state index in [1.807, 2.05) is 0 Å². The van der Waals surface area contributed by atoms with Gasteiger partial charge < -0.3 is 9.47 Å². The molecule has 3 nitrogen and oxygen atoms in total. The van der Waals surface area contributed by atoms with Crippen LogP contribution in [0.4, 0.5) is 0 Å². The zero-order chi connectivity index (χ0) is 14.3. The first-order chi connectivity index (χ1) is 10.4. The minimum absolute atomic E-state index is 0.0169. The SMILES string of the molecule is C1=CCN(Cc2ccccc2)C(COC2CCCCO2)C1. The summed E-state index contributed by atoms with van der Waals surface area (Å²) in [4.78, 5) is 2.50. The van der Waals surface area contributed by atoms with E-state index in [1.165, 1.54) is 18.4 Å². The van der Waals surface area contributed by atoms with Gasteiger partial charge >= 0.3 is 0 Å². The second-order valence-electron chi connectivity index (χ2n) is 5.91. The molecule has 2 aliphatic rings. The van der Waals surface area contributed by atoms with Gasteiger partial charge in [-0.05, 0) is 31.2 Å². The van der Waals surface area contributed by atoms with Crippen molar-refractivity contribution in [2.75, 3.05) is 19.8 Å². The van der Waals surface area contributed by atoms with E-state index in [-0.39, 0.29) is 6.29 Å². The summed E-state index contributed by atoms with van der Waals surface area (Å²) in [5.41, 5.74) is 1.37. The van der Waals surface area contributed by atoms with E-state index in [4.69, 9.17) is 9.47 Å². The number of benzene rings is 1. The van der Waals surface area contributed by atoms with E-state index >= 15 is 0 Å². The minimum atomic E-state index is 0.0169. The zero-order valence-corrected chi connectivity index (χ0v) is 12.6. The maximum Gasteiger partial charge on any atom is 0.157 e. The molecule has 1 aromatic carbocycles. The Labute approximate surface area is 127 Å². The van der Waals surface area contributed by atoms with Crippen molar-refractivity contribution in [2.45, 2.75) is 44.6 Å². The molecule has 0 N–H and O–H groups in total. The molecule has 2 heterocycles. The number of hydrogen-bond acceptors (Lipinski definition) is 3. The molecule has 21 heavy (non-hydrogen) atoms. The van der Waals surface area contributed by atoms with Crippen molar-refractivity contribution < 1.29 is 9.47 Å². The van der Waals surface area contributed by atoms with E-state index in [0.717, 1.165) is 39.1 Å². The molecule has 1 aromatic rings. The highest BCUT2D eigenvalue weighted by molar-refractivity contribution is 5.15. The van der Waals surface area contributed by atoms with Crippen LogP contribution in [0.5, 0.6) is 0 Å². The molecule has 3 heteroatoms. The molecule has 2 aliphatic heterocycles. The lowest BCUT2D eigenvalue weighted by atomic mass is 10.1. The predicted octanol–water partition coefficient (Wildman–Crippen LogP) is 3.36. The Kier molecular flexibility index (Phi) is 5.44. The Balaban J connectivity index is 1.53. The summed E-state index contributed by atoms with van der Waals surface area (Å²) in [6, 6.07) is 11.1. The van der Waals surface area contributed by atoms with Gasteiger partial charge in [-0.3, -0.25) is 4.90 Å². The van der Waals surface area contributed by atoms with Crippen molar-refractivity contribution >= 4 is 0 Å². The third-order valence-electron chi connectivity index (χ3n) is 4.27. The van der Waals surface area contributed by atoms with Crippen LogP contribution in [-0.2, 0) is 16.0 Å². The standard InChI is InChI=1S/C18H25NO2/c1-2-8-16(9-3-1)14-19-12-6-4-10-17(19)15-21-18-11-5-7-13-20-18/h1-4,6,8-9,17-18H,5,7,10-15H2. The Morgan fingerprint density at radius 1 is 1.14 bits per heavy atom. The number of hydrogen-bond donors (Lipinski definition) is 0. The third kappa shape index (κ3) is 4.40. The Bertz CT molecular complexity index is 440. The van der Waals surface area contributed by atoms with Crippen molar-refractivity contribution in [1.82, 2.24) is 4.90 Å². The van der Waals surface area contributed by atoms with Crippen molar-refractivity contribution in [3.05, 3.63) is 48.0 Å². The molecule has 0 radical (unpaired) electrons. The lowest BCUT2D eigenvalue weighted by molar-refractivity contribution is -0.171. The van der Waals surface area contributed by atoms with Gasteiger partial charge in [0.1, 0.15) is 0 Å². The lowest BCUT2D eigenvalue weighted by Gasteiger charge is -2.34. The smallest absolute Gasteiger partial charge is 0.157 e. The van der Waals surface area contributed by atoms with Gasteiger partial charge in [0, 0.05) is 25.7 Å². The highest BCUT2D eigenvalue weighted by atomic mass is 16.7. The van der Waals surface area contributed by atoms with Crippen LogP contribution in [0, 0.1) is 0 Å². The van der Waals surface area contributed by atoms with Crippen molar-refractivity contribution in [2.24, 2.45) is 0 Å². The zero-order valence-electron chi connectivity index (χ0n) is 12.6. The molecule has 0 saturated carbocycles. The normalized spacial score (nSPS) is 26.9. The molecule has 0 aromatic heterocycles. The van der Waals surface area contributed by atoms with Crippen LogP contribution < -0.4 is 0 Å². The average Bonchev–Trinajstić information content (AvgIpc) is 2.56. The maximum absolute atomic E-state index is 5.99. The van der Waals surface area contributed by atoms with Crippen LogP contribution >= 0.6 is 0 Å². The van der Waals surface area contributed by atoms with Gasteiger partial charge in [-0.15, -0.1) is 0 Å². The largest absolute Gasteiger partial charge is 0.353 e. The van der Waals surface area contributed by atoms with Gasteiger partial charge in [-0.2, -0.15) is 0 Å². The fourth-order valence-corrected chi connectivity index (χ4v) is 3.01. The van der Waals surface area contributed by atoms with Crippen LogP contribution in [0.3, 0.4) is 0 Å². The molecule has 0 bridgehead atoms. The number of nitrogens with zero attached hydrogens (tertiary/aromatic N) is 1. The van der Waals surface area contributed by atoms with E-state index in [2.05, 4.69) is 47.4 Å². The first-order valence-electron chi connectivity index (χ1n) is 8.08. The predicted molar refractivity (Wildman–Crippen MR) is 83.9 cm³/mol. The van der Waals surface area contributed by atoms with Crippen molar-refractivity contribution in [3.8, 4) is 0 Å². The van der Waals surface area contributed by atoms with Crippen molar-refractivity contribution in [3.63, 3.8) is 0 Å². The quantitative estimate of drug-likeness (QED) is 0.775. The molecule has 0 aliphatic carbocycles. The van der Waals surface area contributed by atoms with E-state index < -0.39 is 0 Å². The van der Waals surface area contributed by atoms with E-state index in [9.17, 15) is 0 Å². The first kappa shape index (κ1) is 14.8. The van der Waals surface area contributed by atoms with Gasteiger partial charge in [-0.25, -0.2) is 0 Å². The summed E-state index contributed by atoms with van der Waals surface area (Å²) >= 11 is 0. The molecule has 0 amide bonds. The minimum Gasteiger partial charge on any atom is -0.353 e. The fraction of sp³-hybridized carbons (Fsp3) is 0.556. The fourth-order valence-electron chi connectivity index (χ4n) is 3.01. The molecule has 3 rings (SSSR count). The summed E-state index contributed by atoms with van der Waals surface area (Å²) in [5.74, 6) is 0. The Morgan fingerprint density at radius 2 is 2.05 bits per heavy atom. The van der Waals surface area contributed by atoms with Crippen LogP contribution in [0.1, 0.15) is 31.2 Å². The van der Waals surface area contributed by atoms with Gasteiger partial charge in [0.25, 0.3) is 0 Å². The van der Waals surface area contributed by atoms with Crippen LogP contribution in [0.25, 0.3) is 0 Å². The monoisotopic (exact) mass is 287 g/mol. The molecular weight excluding hydrogens is 262 g/mol. The Hall–Kier alpha value is -1.16. The summed E-state index contributed by atoms with van der Waals surface area (Å²) in [6.07, 6.45) is 9.06. The molecule has 2 atom stereocenters. The van der Waals surface area contributed by atoms with Crippen LogP contribution in [0.15, 0.2) is 42.5 Å². The van der Waals surface area contributed by atoms with Gasteiger partial charge in [0.05, 0.1) is 6.61 Å². The lowest BCUT2D eigenvalue weighted by Crippen LogP contribution is -2.41. The molecule has 0 spiro atoms. The second-order valence-corrected chi connectivity index (χ2v) is 5.91. The molecule has 2 unspecified atom stereocenters. The van der Waals surface area contributed by atoms with E-state index in [1.54, 1.807) is 0 Å². The molecule has 114 valence electrons. The number of ether oxygens (including phenoxy) is 2. The van der Waals surface area contributed by atoms with Gasteiger partial charge in [-0.1, -0.05) is 42.5 Å². The number of rotatable bonds is 5. The van der Waals surface area contributed by atoms with Crippen LogP contribution in [0.2, 0.25) is 0 Å². The van der Waals surface area contributed by atoms with Crippen LogP contribution in [-0.4, -0.2) is 37.0 Å². The molecule has 1 fully saturated rings. The summed E-state index contributed by atoms with van der Waals surface area (Å²) in [7, 11) is 0. The summed E-state index contributed by atoms with van der Waals surface area (Å²) in [5, 5.41) is 0. The molecular formula is C18H25NO2. The third-order valence-corrected chi connectivity index (χ3v) is 4.27. The summed E-state index contributed by atoms with van der Waals surface area (Å²) in [6.45, 7) is 3.62. The van der Waals surface area contributed by atoms with Gasteiger partial charge in [0.2, 0.25) is 0 Å². The van der Waals surface area contributed by atoms with E-state index in [0.29, 0.717) is 6.04 Å². The maximum atomic E-state index is 5.99. The first-order valence-corrected chi connectivity index (χ1v) is 8.08. The molecule has 1 saturated heterocycles. The Morgan fingerprint density at radius 3 is 2.86 bits per heavy atom. The second kappa shape index (κ2) is 7.74. The highest BCUT2D eigenvalue weighted by Gasteiger charge is 2.22. The topological polar surface area (TPSA) is 21.7 Å². The average molecular weight is 287 g/mol. The van der Waals surface area contributed by atoms with Gasteiger partial charge in [0.15, 0.2) is 6.29 Å². The highest BCUT2D eigenvalue weighted by Crippen LogP contribution is 2.19. The summed E-state index contributed by atoms with van der Waals surface area (Å²) < 4.78 is 11.7.